The van der Waals surface area contributed by atoms with E-state index in [0.717, 1.165) is 18.2 Å². The van der Waals surface area contributed by atoms with E-state index >= 15 is 0 Å². The highest BCUT2D eigenvalue weighted by atomic mass is 16.1. The van der Waals surface area contributed by atoms with Crippen LogP contribution in [0.2, 0.25) is 0 Å². The molecule has 0 radical (unpaired) electrons. The first-order valence-electron chi connectivity index (χ1n) is 6.16. The number of pyridine rings is 1. The van der Waals surface area contributed by atoms with Crippen LogP contribution in [0.5, 0.6) is 0 Å². The number of hydrogen-bond acceptors (Lipinski definition) is 2. The highest BCUT2D eigenvalue weighted by Crippen LogP contribution is 2.23. The van der Waals surface area contributed by atoms with Crippen molar-refractivity contribution in [2.75, 3.05) is 11.9 Å². The van der Waals surface area contributed by atoms with E-state index < -0.39 is 0 Å². The summed E-state index contributed by atoms with van der Waals surface area (Å²) in [5, 5.41) is 3.42. The second-order valence-corrected chi connectivity index (χ2v) is 4.75. The molecular formula is C13H20N2O. The van der Waals surface area contributed by atoms with Crippen LogP contribution in [0.3, 0.4) is 0 Å². The maximum absolute atomic E-state index is 11.2. The average Bonchev–Trinajstić information content (AvgIpc) is 2.32. The Balaban J connectivity index is 1.88. The van der Waals surface area contributed by atoms with E-state index in [1.807, 2.05) is 12.3 Å². The topological polar surface area (TPSA) is 34.0 Å². The molecule has 1 aliphatic rings. The summed E-state index contributed by atoms with van der Waals surface area (Å²) in [7, 11) is 1.79. The number of anilines is 1. The highest BCUT2D eigenvalue weighted by Gasteiger charge is 2.12. The smallest absolute Gasteiger partial charge is 0.250 e. The van der Waals surface area contributed by atoms with Crippen LogP contribution in [0.1, 0.15) is 32.1 Å². The van der Waals surface area contributed by atoms with Gasteiger partial charge in [0.2, 0.25) is 5.56 Å². The van der Waals surface area contributed by atoms with Gasteiger partial charge in [0, 0.05) is 25.9 Å². The third-order valence-electron chi connectivity index (χ3n) is 3.41. The van der Waals surface area contributed by atoms with Crippen molar-refractivity contribution in [3.63, 3.8) is 0 Å². The Bertz CT molecular complexity index is 391. The summed E-state index contributed by atoms with van der Waals surface area (Å²) < 4.78 is 1.61. The first kappa shape index (κ1) is 11.2. The molecule has 0 bridgehead atoms. The second kappa shape index (κ2) is 5.19. The van der Waals surface area contributed by atoms with E-state index in [-0.39, 0.29) is 5.56 Å². The first-order valence-corrected chi connectivity index (χ1v) is 6.16. The molecule has 0 aromatic carbocycles. The van der Waals surface area contributed by atoms with Crippen molar-refractivity contribution >= 4 is 5.69 Å². The maximum atomic E-state index is 11.2. The number of rotatable bonds is 3. The molecule has 88 valence electrons. The number of nitrogens with one attached hydrogen (secondary N) is 1. The number of aryl methyl sites for hydroxylation is 1. The molecule has 1 fully saturated rings. The molecule has 1 saturated carbocycles. The van der Waals surface area contributed by atoms with Crippen molar-refractivity contribution in [1.82, 2.24) is 4.57 Å². The van der Waals surface area contributed by atoms with Crippen molar-refractivity contribution in [3.8, 4) is 0 Å². The van der Waals surface area contributed by atoms with Gasteiger partial charge in [-0.15, -0.1) is 0 Å². The van der Waals surface area contributed by atoms with Gasteiger partial charge in [0.25, 0.3) is 0 Å². The van der Waals surface area contributed by atoms with Gasteiger partial charge in [0.1, 0.15) is 0 Å². The molecule has 0 atom stereocenters. The van der Waals surface area contributed by atoms with Crippen molar-refractivity contribution in [3.05, 3.63) is 28.7 Å². The van der Waals surface area contributed by atoms with Crippen LogP contribution in [0, 0.1) is 5.92 Å². The maximum Gasteiger partial charge on any atom is 0.250 e. The summed E-state index contributed by atoms with van der Waals surface area (Å²) in [4.78, 5) is 11.2. The molecule has 1 aromatic heterocycles. The zero-order chi connectivity index (χ0) is 11.4. The summed E-state index contributed by atoms with van der Waals surface area (Å²) in [6.45, 7) is 1.04. The third-order valence-corrected chi connectivity index (χ3v) is 3.41. The Morgan fingerprint density at radius 3 is 2.75 bits per heavy atom. The molecule has 0 amide bonds. The number of nitrogens with zero attached hydrogens (tertiary/aromatic N) is 1. The van der Waals surface area contributed by atoms with Crippen molar-refractivity contribution < 1.29 is 0 Å². The Morgan fingerprint density at radius 2 is 2.06 bits per heavy atom. The Hall–Kier alpha value is -1.25. The third kappa shape index (κ3) is 2.87. The summed E-state index contributed by atoms with van der Waals surface area (Å²) >= 11 is 0. The number of aromatic nitrogens is 1. The normalized spacial score (nSPS) is 17.3. The largest absolute Gasteiger partial charge is 0.384 e. The van der Waals surface area contributed by atoms with Crippen LogP contribution in [0.15, 0.2) is 23.1 Å². The van der Waals surface area contributed by atoms with Crippen LogP contribution in [0.25, 0.3) is 0 Å². The van der Waals surface area contributed by atoms with E-state index in [2.05, 4.69) is 5.32 Å². The van der Waals surface area contributed by atoms with Crippen LogP contribution in [-0.4, -0.2) is 11.1 Å². The first-order chi connectivity index (χ1) is 7.75. The molecule has 2 rings (SSSR count). The van der Waals surface area contributed by atoms with E-state index in [1.54, 1.807) is 17.7 Å². The average molecular weight is 220 g/mol. The monoisotopic (exact) mass is 220 g/mol. The lowest BCUT2D eigenvalue weighted by Gasteiger charge is -2.22. The fourth-order valence-electron chi connectivity index (χ4n) is 2.35. The molecule has 1 aromatic rings. The highest BCUT2D eigenvalue weighted by molar-refractivity contribution is 5.40. The Morgan fingerprint density at radius 1 is 1.31 bits per heavy atom. The zero-order valence-corrected chi connectivity index (χ0v) is 9.91. The molecule has 3 nitrogen and oxygen atoms in total. The van der Waals surface area contributed by atoms with Gasteiger partial charge in [0.05, 0.1) is 5.69 Å². The second-order valence-electron chi connectivity index (χ2n) is 4.75. The van der Waals surface area contributed by atoms with Gasteiger partial charge in [-0.2, -0.15) is 0 Å². The molecular weight excluding hydrogens is 200 g/mol. The van der Waals surface area contributed by atoms with Gasteiger partial charge in [-0.25, -0.2) is 0 Å². The summed E-state index contributed by atoms with van der Waals surface area (Å²) in [6.07, 6.45) is 8.71. The molecule has 0 spiro atoms. The van der Waals surface area contributed by atoms with Gasteiger partial charge in [-0.3, -0.25) is 4.79 Å². The van der Waals surface area contributed by atoms with Crippen LogP contribution >= 0.6 is 0 Å². The van der Waals surface area contributed by atoms with Gasteiger partial charge in [0.15, 0.2) is 0 Å². The SMILES string of the molecule is Cn1cc(NCC2CCCCC2)ccc1=O. The zero-order valence-electron chi connectivity index (χ0n) is 9.91. The Kier molecular flexibility index (Phi) is 3.65. The van der Waals surface area contributed by atoms with Crippen molar-refractivity contribution in [2.24, 2.45) is 13.0 Å². The predicted molar refractivity (Wildman–Crippen MR) is 66.7 cm³/mol. The standard InChI is InChI=1S/C13H20N2O/c1-15-10-12(7-8-13(15)16)14-9-11-5-3-2-4-6-11/h7-8,10-11,14H,2-6,9H2,1H3. The number of hydrogen-bond donors (Lipinski definition) is 1. The summed E-state index contributed by atoms with van der Waals surface area (Å²) in [5.41, 5.74) is 1.09. The van der Waals surface area contributed by atoms with Crippen LogP contribution in [-0.2, 0) is 7.05 Å². The lowest BCUT2D eigenvalue weighted by Crippen LogP contribution is -2.19. The lowest BCUT2D eigenvalue weighted by molar-refractivity contribution is 0.373. The van der Waals surface area contributed by atoms with Gasteiger partial charge >= 0.3 is 0 Å². The fraction of sp³-hybridized carbons (Fsp3) is 0.615. The molecule has 16 heavy (non-hydrogen) atoms. The molecule has 0 unspecified atom stereocenters. The van der Waals surface area contributed by atoms with E-state index in [9.17, 15) is 4.79 Å². The molecule has 0 saturated heterocycles. The minimum atomic E-state index is 0.0446. The quantitative estimate of drug-likeness (QED) is 0.848. The Labute approximate surface area is 96.5 Å². The minimum absolute atomic E-state index is 0.0446. The molecule has 1 aliphatic carbocycles. The van der Waals surface area contributed by atoms with Crippen LogP contribution in [0.4, 0.5) is 5.69 Å². The van der Waals surface area contributed by atoms with Crippen molar-refractivity contribution in [1.29, 1.82) is 0 Å². The van der Waals surface area contributed by atoms with Gasteiger partial charge in [-0.05, 0) is 24.8 Å². The van der Waals surface area contributed by atoms with Crippen molar-refractivity contribution in [2.45, 2.75) is 32.1 Å². The fourth-order valence-corrected chi connectivity index (χ4v) is 2.35. The van der Waals surface area contributed by atoms with E-state index in [0.29, 0.717) is 0 Å². The molecule has 0 aliphatic heterocycles. The van der Waals surface area contributed by atoms with Crippen LogP contribution < -0.4 is 10.9 Å². The van der Waals surface area contributed by atoms with E-state index in [4.69, 9.17) is 0 Å². The minimum Gasteiger partial charge on any atom is -0.384 e. The molecule has 3 heteroatoms. The van der Waals surface area contributed by atoms with E-state index in [1.165, 1.54) is 32.1 Å². The summed E-state index contributed by atoms with van der Waals surface area (Å²) in [6, 6.07) is 3.48. The molecule has 1 N–H and O–H groups in total. The lowest BCUT2D eigenvalue weighted by atomic mass is 9.89. The van der Waals surface area contributed by atoms with Gasteiger partial charge in [-0.1, -0.05) is 19.3 Å². The molecule has 1 heterocycles. The van der Waals surface area contributed by atoms with Gasteiger partial charge < -0.3 is 9.88 Å². The summed E-state index contributed by atoms with van der Waals surface area (Å²) in [5.74, 6) is 0.811. The predicted octanol–water partition coefficient (Wildman–Crippen LogP) is 2.38.